The summed E-state index contributed by atoms with van der Waals surface area (Å²) in [5.41, 5.74) is 4.13. The molecule has 0 saturated heterocycles. The van der Waals surface area contributed by atoms with Gasteiger partial charge in [-0.25, -0.2) is 0 Å². The number of nitrogens with zero attached hydrogens (tertiary/aromatic N) is 1. The minimum Gasteiger partial charge on any atom is -0.344 e. The van der Waals surface area contributed by atoms with Crippen LogP contribution in [0.15, 0.2) is 24.3 Å². The topological polar surface area (TPSA) is 130 Å². The van der Waals surface area contributed by atoms with Crippen molar-refractivity contribution >= 4 is 23.4 Å². The number of nitrogens with one attached hydrogen (secondary N) is 3. The molecular weight excluding hydrogens is 412 g/mol. The summed E-state index contributed by atoms with van der Waals surface area (Å²) >= 11 is 0. The van der Waals surface area contributed by atoms with Crippen LogP contribution in [0.3, 0.4) is 0 Å². The number of hydrogen-bond donors (Lipinski definition) is 3. The van der Waals surface area contributed by atoms with Crippen LogP contribution in [0.1, 0.15) is 62.7 Å². The Labute approximate surface area is 186 Å². The third-order valence-electron chi connectivity index (χ3n) is 7.37. The van der Waals surface area contributed by atoms with E-state index < -0.39 is 22.8 Å². The largest absolute Gasteiger partial charge is 0.344 e. The zero-order chi connectivity index (χ0) is 23.0. The average Bonchev–Trinajstić information content (AvgIpc) is 2.74. The van der Waals surface area contributed by atoms with E-state index in [2.05, 4.69) is 16.2 Å². The summed E-state index contributed by atoms with van der Waals surface area (Å²) in [7, 11) is 0. The van der Waals surface area contributed by atoms with Gasteiger partial charge < -0.3 is 5.32 Å². The highest BCUT2D eigenvalue weighted by Crippen LogP contribution is 2.60. The van der Waals surface area contributed by atoms with Crippen molar-refractivity contribution in [2.75, 3.05) is 0 Å². The van der Waals surface area contributed by atoms with Gasteiger partial charge in [-0.2, -0.15) is 0 Å². The number of nitro benzene ring substituents is 1. The van der Waals surface area contributed by atoms with E-state index in [1.54, 1.807) is 0 Å². The lowest BCUT2D eigenvalue weighted by atomic mass is 9.49. The summed E-state index contributed by atoms with van der Waals surface area (Å²) in [6.45, 7) is 3.68. The Morgan fingerprint density at radius 1 is 1.03 bits per heavy atom. The van der Waals surface area contributed by atoms with E-state index in [0.717, 1.165) is 25.3 Å². The lowest BCUT2D eigenvalue weighted by molar-refractivity contribution is -0.384. The molecule has 9 nitrogen and oxygen atoms in total. The van der Waals surface area contributed by atoms with Crippen LogP contribution in [0.25, 0.3) is 0 Å². The molecule has 1 atom stereocenters. The van der Waals surface area contributed by atoms with Crippen molar-refractivity contribution in [3.8, 4) is 0 Å². The van der Waals surface area contributed by atoms with Crippen LogP contribution in [-0.2, 0) is 9.59 Å². The lowest BCUT2D eigenvalue weighted by Gasteiger charge is -2.55. The smallest absolute Gasteiger partial charge is 0.270 e. The van der Waals surface area contributed by atoms with Gasteiger partial charge in [-0.05, 0) is 68.3 Å². The molecule has 32 heavy (non-hydrogen) atoms. The number of amides is 3. The number of carbonyl (C=O) groups excluding carboxylic acids is 3. The van der Waals surface area contributed by atoms with Gasteiger partial charge in [-0.3, -0.25) is 35.3 Å². The highest BCUT2D eigenvalue weighted by molar-refractivity contribution is 5.97. The molecule has 1 unspecified atom stereocenters. The van der Waals surface area contributed by atoms with Gasteiger partial charge in [0.05, 0.1) is 4.92 Å². The van der Waals surface area contributed by atoms with Gasteiger partial charge >= 0.3 is 0 Å². The van der Waals surface area contributed by atoms with Gasteiger partial charge in [0.1, 0.15) is 6.04 Å². The molecule has 4 fully saturated rings. The first kappa shape index (κ1) is 22.2. The SMILES string of the molecule is CC(C)C(NC(=O)C12CC3CC(CC(C3)C1)C2)C(=O)NNC(=O)c1cccc([N+](=O)[O-])c1. The number of hydrogen-bond acceptors (Lipinski definition) is 5. The number of hydrazine groups is 1. The highest BCUT2D eigenvalue weighted by atomic mass is 16.6. The van der Waals surface area contributed by atoms with Crippen LogP contribution in [0, 0.1) is 39.2 Å². The molecule has 0 radical (unpaired) electrons. The number of nitro groups is 1. The minimum atomic E-state index is -0.791. The zero-order valence-electron chi connectivity index (χ0n) is 18.4. The number of rotatable bonds is 6. The number of benzene rings is 1. The molecule has 0 heterocycles. The quantitative estimate of drug-likeness (QED) is 0.461. The second-order valence-corrected chi connectivity index (χ2v) is 10.1. The summed E-state index contributed by atoms with van der Waals surface area (Å²) in [5, 5.41) is 13.9. The first-order chi connectivity index (χ1) is 15.2. The fraction of sp³-hybridized carbons (Fsp3) is 0.609. The Kier molecular flexibility index (Phi) is 5.92. The molecule has 3 N–H and O–H groups in total. The molecule has 5 rings (SSSR count). The van der Waals surface area contributed by atoms with Gasteiger partial charge in [0.15, 0.2) is 0 Å². The van der Waals surface area contributed by atoms with E-state index in [-0.39, 0.29) is 28.5 Å². The van der Waals surface area contributed by atoms with Gasteiger partial charge in [-0.15, -0.1) is 0 Å². The predicted octanol–water partition coefficient (Wildman–Crippen LogP) is 2.71. The Morgan fingerprint density at radius 3 is 2.16 bits per heavy atom. The lowest BCUT2D eigenvalue weighted by Crippen LogP contribution is -2.59. The molecule has 0 aliphatic heterocycles. The molecule has 4 saturated carbocycles. The maximum Gasteiger partial charge on any atom is 0.270 e. The van der Waals surface area contributed by atoms with E-state index >= 15 is 0 Å². The van der Waals surface area contributed by atoms with E-state index in [1.165, 1.54) is 37.5 Å². The molecule has 9 heteroatoms. The average molecular weight is 443 g/mol. The van der Waals surface area contributed by atoms with E-state index in [0.29, 0.717) is 17.8 Å². The van der Waals surface area contributed by atoms with Crippen LogP contribution in [0.2, 0.25) is 0 Å². The molecule has 1 aromatic carbocycles. The fourth-order valence-electron chi connectivity index (χ4n) is 6.25. The molecular formula is C23H30N4O5. The minimum absolute atomic E-state index is 0.0459. The fourth-order valence-corrected chi connectivity index (χ4v) is 6.25. The van der Waals surface area contributed by atoms with Crippen LogP contribution in [0.5, 0.6) is 0 Å². The van der Waals surface area contributed by atoms with Crippen molar-refractivity contribution in [3.05, 3.63) is 39.9 Å². The normalized spacial score (nSPS) is 28.8. The van der Waals surface area contributed by atoms with Crippen molar-refractivity contribution < 1.29 is 19.3 Å². The Hall–Kier alpha value is -2.97. The molecule has 0 aromatic heterocycles. The third kappa shape index (κ3) is 4.33. The monoisotopic (exact) mass is 442 g/mol. The first-order valence-electron chi connectivity index (χ1n) is 11.3. The first-order valence-corrected chi connectivity index (χ1v) is 11.3. The molecule has 0 spiro atoms. The van der Waals surface area contributed by atoms with E-state index in [4.69, 9.17) is 0 Å². The molecule has 4 bridgehead atoms. The van der Waals surface area contributed by atoms with Gasteiger partial charge in [0.25, 0.3) is 17.5 Å². The molecule has 4 aliphatic carbocycles. The maximum atomic E-state index is 13.3. The maximum absolute atomic E-state index is 13.3. The van der Waals surface area contributed by atoms with Gasteiger partial charge in [0, 0.05) is 23.1 Å². The summed E-state index contributed by atoms with van der Waals surface area (Å²) < 4.78 is 0. The standard InChI is InChI=1S/C23H30N4O5/c1-13(2)19(21(29)26-25-20(28)17-4-3-5-18(9-17)27(31)32)24-22(30)23-10-14-6-15(11-23)8-16(7-14)12-23/h3-5,9,13-16,19H,6-8,10-12H2,1-2H3,(H,24,30)(H,25,28)(H,26,29). The molecule has 4 aliphatic rings. The van der Waals surface area contributed by atoms with Crippen LogP contribution in [0.4, 0.5) is 5.69 Å². The molecule has 3 amide bonds. The van der Waals surface area contributed by atoms with Crippen molar-refractivity contribution in [3.63, 3.8) is 0 Å². The summed E-state index contributed by atoms with van der Waals surface area (Å²) in [5.74, 6) is 0.444. The highest BCUT2D eigenvalue weighted by Gasteiger charge is 2.55. The third-order valence-corrected chi connectivity index (χ3v) is 7.37. The van der Waals surface area contributed by atoms with Crippen molar-refractivity contribution in [2.24, 2.45) is 29.1 Å². The van der Waals surface area contributed by atoms with E-state index in [1.807, 2.05) is 13.8 Å². The number of carbonyl (C=O) groups is 3. The van der Waals surface area contributed by atoms with Crippen LogP contribution in [-0.4, -0.2) is 28.7 Å². The Morgan fingerprint density at radius 2 is 1.62 bits per heavy atom. The Balaban J connectivity index is 1.38. The Bertz CT molecular complexity index is 909. The second kappa shape index (κ2) is 8.52. The summed E-state index contributed by atoms with van der Waals surface area (Å²) in [4.78, 5) is 48.8. The number of non-ortho nitro benzene ring substituents is 1. The van der Waals surface area contributed by atoms with Crippen molar-refractivity contribution in [2.45, 2.75) is 58.4 Å². The second-order valence-electron chi connectivity index (χ2n) is 10.1. The van der Waals surface area contributed by atoms with Crippen LogP contribution < -0.4 is 16.2 Å². The van der Waals surface area contributed by atoms with E-state index in [9.17, 15) is 24.5 Å². The summed E-state index contributed by atoms with van der Waals surface area (Å²) in [6, 6.07) is 4.45. The molecule has 172 valence electrons. The van der Waals surface area contributed by atoms with Crippen molar-refractivity contribution in [1.82, 2.24) is 16.2 Å². The van der Waals surface area contributed by atoms with Gasteiger partial charge in [0.2, 0.25) is 5.91 Å². The van der Waals surface area contributed by atoms with Crippen LogP contribution >= 0.6 is 0 Å². The predicted molar refractivity (Wildman–Crippen MR) is 116 cm³/mol. The summed E-state index contributed by atoms with van der Waals surface area (Å²) in [6.07, 6.45) is 6.39. The van der Waals surface area contributed by atoms with Crippen molar-refractivity contribution in [1.29, 1.82) is 0 Å². The molecule has 1 aromatic rings. The van der Waals surface area contributed by atoms with Gasteiger partial charge in [-0.1, -0.05) is 19.9 Å². The zero-order valence-corrected chi connectivity index (χ0v) is 18.4.